The van der Waals surface area contributed by atoms with Crippen LogP contribution >= 0.6 is 11.6 Å². The van der Waals surface area contributed by atoms with Crippen LogP contribution < -0.4 is 0 Å². The lowest BCUT2D eigenvalue weighted by molar-refractivity contribution is 0.331. The van der Waals surface area contributed by atoms with Crippen molar-refractivity contribution in [2.24, 2.45) is 0 Å². The van der Waals surface area contributed by atoms with Crippen LogP contribution in [0.25, 0.3) is 0 Å². The fraction of sp³-hybridized carbons (Fsp3) is 1.00. The van der Waals surface area contributed by atoms with Crippen LogP contribution in [0.2, 0.25) is 19.1 Å². The van der Waals surface area contributed by atoms with Crippen molar-refractivity contribution in [2.75, 3.05) is 12.5 Å². The fourth-order valence-electron chi connectivity index (χ4n) is 0.989. The third-order valence-electron chi connectivity index (χ3n) is 1.42. The van der Waals surface area contributed by atoms with Gasteiger partial charge in [-0.1, -0.05) is 13.3 Å². The zero-order chi connectivity index (χ0) is 8.04. The molecule has 1 nitrogen and oxygen atoms in total. The average Bonchev–Trinajstić information content (AvgIpc) is 1.84. The highest BCUT2D eigenvalue weighted by atomic mass is 35.5. The second-order valence-electron chi connectivity index (χ2n) is 3.05. The highest BCUT2D eigenvalue weighted by Gasteiger charge is 2.19. The first-order valence-electron chi connectivity index (χ1n) is 3.82. The summed E-state index contributed by atoms with van der Waals surface area (Å²) >= 11 is 5.50. The van der Waals surface area contributed by atoms with Crippen molar-refractivity contribution < 1.29 is 4.43 Å². The van der Waals surface area contributed by atoms with Gasteiger partial charge in [-0.25, -0.2) is 0 Å². The van der Waals surface area contributed by atoms with E-state index in [1.165, 1.54) is 12.5 Å². The summed E-state index contributed by atoms with van der Waals surface area (Å²) in [6.07, 6.45) is 1.22. The molecule has 0 N–H and O–H groups in total. The van der Waals surface area contributed by atoms with Crippen molar-refractivity contribution in [2.45, 2.75) is 32.5 Å². The maximum atomic E-state index is 5.63. The molecule has 0 aromatic heterocycles. The quantitative estimate of drug-likeness (QED) is 0.467. The standard InChI is InChI=1S/C7H17ClOSi/c1-4-7-10(2,3)9-6-5-8/h4-7H2,1-3H3. The normalized spacial score (nSPS) is 12.0. The van der Waals surface area contributed by atoms with E-state index in [-0.39, 0.29) is 0 Å². The molecule has 0 aliphatic rings. The molecule has 0 unspecified atom stereocenters. The highest BCUT2D eigenvalue weighted by Crippen LogP contribution is 2.12. The summed E-state index contributed by atoms with van der Waals surface area (Å²) in [5.74, 6) is 0.625. The topological polar surface area (TPSA) is 9.23 Å². The predicted octanol–water partition coefficient (Wildman–Crippen LogP) is 2.86. The number of hydrogen-bond donors (Lipinski definition) is 0. The van der Waals surface area contributed by atoms with Crippen LogP contribution in [0.3, 0.4) is 0 Å². The van der Waals surface area contributed by atoms with Gasteiger partial charge < -0.3 is 4.43 Å². The van der Waals surface area contributed by atoms with E-state index in [0.717, 1.165) is 6.61 Å². The first-order chi connectivity index (χ1) is 4.62. The van der Waals surface area contributed by atoms with Crippen LogP contribution in [-0.4, -0.2) is 20.8 Å². The molecule has 0 spiro atoms. The Morgan fingerprint density at radius 3 is 2.40 bits per heavy atom. The summed E-state index contributed by atoms with van der Waals surface area (Å²) in [6, 6.07) is 1.24. The average molecular weight is 181 g/mol. The minimum atomic E-state index is -1.31. The van der Waals surface area contributed by atoms with E-state index in [1.807, 2.05) is 0 Å². The molecule has 0 saturated heterocycles. The van der Waals surface area contributed by atoms with Crippen LogP contribution in [-0.2, 0) is 4.43 Å². The van der Waals surface area contributed by atoms with E-state index in [4.69, 9.17) is 16.0 Å². The van der Waals surface area contributed by atoms with Gasteiger partial charge in [-0.3, -0.25) is 0 Å². The Kier molecular flexibility index (Phi) is 5.40. The number of hydrogen-bond acceptors (Lipinski definition) is 1. The van der Waals surface area contributed by atoms with Crippen molar-refractivity contribution in [3.63, 3.8) is 0 Å². The second-order valence-corrected chi connectivity index (χ2v) is 7.73. The monoisotopic (exact) mass is 180 g/mol. The van der Waals surface area contributed by atoms with Gasteiger partial charge in [0, 0.05) is 12.5 Å². The van der Waals surface area contributed by atoms with Gasteiger partial charge in [-0.2, -0.15) is 0 Å². The summed E-state index contributed by atoms with van der Waals surface area (Å²) in [6.45, 7) is 7.39. The Bertz CT molecular complexity index is 85.7. The lowest BCUT2D eigenvalue weighted by Crippen LogP contribution is -2.30. The number of alkyl halides is 1. The minimum absolute atomic E-state index is 0.625. The largest absolute Gasteiger partial charge is 0.416 e. The summed E-state index contributed by atoms with van der Waals surface area (Å²) in [4.78, 5) is 0. The molecule has 10 heavy (non-hydrogen) atoms. The smallest absolute Gasteiger partial charge is 0.186 e. The van der Waals surface area contributed by atoms with Crippen LogP contribution in [0.5, 0.6) is 0 Å². The molecule has 62 valence electrons. The molecule has 0 atom stereocenters. The maximum absolute atomic E-state index is 5.63. The number of rotatable bonds is 5. The molecule has 0 aromatic carbocycles. The molecule has 3 heteroatoms. The van der Waals surface area contributed by atoms with E-state index >= 15 is 0 Å². The Hall–Kier alpha value is 0.467. The van der Waals surface area contributed by atoms with Crippen LogP contribution in [0.4, 0.5) is 0 Å². The Balaban J connectivity index is 3.42. The zero-order valence-electron chi connectivity index (χ0n) is 7.11. The first-order valence-corrected chi connectivity index (χ1v) is 7.47. The molecule has 0 rings (SSSR count). The Morgan fingerprint density at radius 1 is 1.40 bits per heavy atom. The van der Waals surface area contributed by atoms with Crippen LogP contribution in [0, 0.1) is 0 Å². The molecule has 0 fully saturated rings. The van der Waals surface area contributed by atoms with Crippen molar-refractivity contribution in [3.05, 3.63) is 0 Å². The van der Waals surface area contributed by atoms with Crippen molar-refractivity contribution >= 4 is 19.9 Å². The molecular formula is C7H17ClOSi. The van der Waals surface area contributed by atoms with E-state index < -0.39 is 8.32 Å². The SMILES string of the molecule is CCC[Si](C)(C)OCCCl. The maximum Gasteiger partial charge on any atom is 0.186 e. The van der Waals surface area contributed by atoms with Crippen molar-refractivity contribution in [1.82, 2.24) is 0 Å². The first kappa shape index (κ1) is 10.5. The number of halogens is 1. The van der Waals surface area contributed by atoms with E-state index in [0.29, 0.717) is 5.88 Å². The van der Waals surface area contributed by atoms with Gasteiger partial charge in [0.15, 0.2) is 8.32 Å². The lowest BCUT2D eigenvalue weighted by Gasteiger charge is -2.21. The lowest BCUT2D eigenvalue weighted by atomic mass is 10.6. The molecular weight excluding hydrogens is 164 g/mol. The van der Waals surface area contributed by atoms with Crippen LogP contribution in [0.1, 0.15) is 13.3 Å². The van der Waals surface area contributed by atoms with E-state index in [9.17, 15) is 0 Å². The highest BCUT2D eigenvalue weighted by molar-refractivity contribution is 6.71. The third-order valence-corrected chi connectivity index (χ3v) is 4.27. The Morgan fingerprint density at radius 2 is 2.00 bits per heavy atom. The third kappa shape index (κ3) is 5.27. The van der Waals surface area contributed by atoms with E-state index in [2.05, 4.69) is 20.0 Å². The minimum Gasteiger partial charge on any atom is -0.416 e. The van der Waals surface area contributed by atoms with Crippen LogP contribution in [0.15, 0.2) is 0 Å². The Labute approximate surface area is 69.9 Å². The van der Waals surface area contributed by atoms with Crippen molar-refractivity contribution in [1.29, 1.82) is 0 Å². The summed E-state index contributed by atoms with van der Waals surface area (Å²) in [7, 11) is -1.31. The van der Waals surface area contributed by atoms with Gasteiger partial charge in [0.05, 0.1) is 0 Å². The van der Waals surface area contributed by atoms with Gasteiger partial charge in [0.1, 0.15) is 0 Å². The van der Waals surface area contributed by atoms with E-state index in [1.54, 1.807) is 0 Å². The van der Waals surface area contributed by atoms with Gasteiger partial charge in [0.2, 0.25) is 0 Å². The fourth-order valence-corrected chi connectivity index (χ4v) is 3.20. The van der Waals surface area contributed by atoms with Gasteiger partial charge in [0.25, 0.3) is 0 Å². The van der Waals surface area contributed by atoms with Gasteiger partial charge in [-0.05, 0) is 19.1 Å². The molecule has 0 heterocycles. The molecule has 0 bridgehead atoms. The molecule has 0 saturated carbocycles. The second kappa shape index (κ2) is 5.16. The molecule has 0 amide bonds. The molecule has 0 radical (unpaired) electrons. The molecule has 0 aliphatic heterocycles. The van der Waals surface area contributed by atoms with Crippen molar-refractivity contribution in [3.8, 4) is 0 Å². The van der Waals surface area contributed by atoms with Gasteiger partial charge >= 0.3 is 0 Å². The summed E-state index contributed by atoms with van der Waals surface area (Å²) in [5, 5.41) is 0. The summed E-state index contributed by atoms with van der Waals surface area (Å²) in [5.41, 5.74) is 0. The molecule has 0 aliphatic carbocycles. The molecule has 0 aromatic rings. The predicted molar refractivity (Wildman–Crippen MR) is 49.3 cm³/mol. The van der Waals surface area contributed by atoms with Gasteiger partial charge in [-0.15, -0.1) is 11.6 Å². The summed E-state index contributed by atoms with van der Waals surface area (Å²) < 4.78 is 5.63. The zero-order valence-corrected chi connectivity index (χ0v) is 8.87.